The minimum Gasteiger partial charge on any atom is -0.455 e. The van der Waals surface area contributed by atoms with Crippen molar-refractivity contribution in [2.75, 3.05) is 0 Å². The molecule has 1 heterocycles. The molecule has 0 bridgehead atoms. The zero-order chi connectivity index (χ0) is 18.1. The van der Waals surface area contributed by atoms with Crippen molar-refractivity contribution in [2.24, 2.45) is 0 Å². The van der Waals surface area contributed by atoms with Gasteiger partial charge in [-0.3, -0.25) is 0 Å². The summed E-state index contributed by atoms with van der Waals surface area (Å²) in [4.78, 5) is 0. The number of hydrogen-bond acceptors (Lipinski definition) is 3. The number of fused-ring (bicyclic) bond motifs is 6. The first-order valence-corrected chi connectivity index (χ1v) is 8.50. The van der Waals surface area contributed by atoms with Gasteiger partial charge in [0, 0.05) is 16.2 Å². The Labute approximate surface area is 150 Å². The van der Waals surface area contributed by atoms with Gasteiger partial charge in [-0.2, -0.15) is 10.5 Å². The first-order chi connectivity index (χ1) is 12.6. The highest BCUT2D eigenvalue weighted by atomic mass is 16.3. The summed E-state index contributed by atoms with van der Waals surface area (Å²) in [6.45, 7) is 4.29. The Hall–Kier alpha value is -3.56. The van der Waals surface area contributed by atoms with Crippen molar-refractivity contribution in [3.8, 4) is 23.3 Å². The monoisotopic (exact) mass is 334 g/mol. The maximum atomic E-state index is 9.56. The van der Waals surface area contributed by atoms with E-state index in [1.54, 1.807) is 6.07 Å². The molecule has 3 aromatic carbocycles. The van der Waals surface area contributed by atoms with E-state index in [9.17, 15) is 10.5 Å². The van der Waals surface area contributed by atoms with Crippen LogP contribution in [0.5, 0.6) is 0 Å². The van der Waals surface area contributed by atoms with E-state index in [-0.39, 0.29) is 5.41 Å². The van der Waals surface area contributed by atoms with Crippen molar-refractivity contribution in [1.82, 2.24) is 0 Å². The zero-order valence-corrected chi connectivity index (χ0v) is 14.4. The predicted molar refractivity (Wildman–Crippen MR) is 101 cm³/mol. The molecule has 0 unspecified atom stereocenters. The van der Waals surface area contributed by atoms with Crippen molar-refractivity contribution in [1.29, 1.82) is 10.5 Å². The first-order valence-electron chi connectivity index (χ1n) is 8.50. The average molecular weight is 334 g/mol. The highest BCUT2D eigenvalue weighted by Crippen LogP contribution is 2.51. The van der Waals surface area contributed by atoms with E-state index in [4.69, 9.17) is 4.42 Å². The minimum atomic E-state index is -0.276. The van der Waals surface area contributed by atoms with Gasteiger partial charge in [-0.25, -0.2) is 0 Å². The summed E-state index contributed by atoms with van der Waals surface area (Å²) in [5.74, 6) is 0. The third kappa shape index (κ3) is 1.65. The second-order valence-electron chi connectivity index (χ2n) is 7.26. The van der Waals surface area contributed by atoms with Crippen molar-refractivity contribution in [2.45, 2.75) is 19.3 Å². The van der Waals surface area contributed by atoms with E-state index in [0.717, 1.165) is 44.2 Å². The number of nitriles is 2. The quantitative estimate of drug-likeness (QED) is 0.418. The molecule has 0 saturated carbocycles. The van der Waals surface area contributed by atoms with Crippen molar-refractivity contribution >= 4 is 21.9 Å². The zero-order valence-electron chi connectivity index (χ0n) is 14.4. The van der Waals surface area contributed by atoms with Crippen LogP contribution in [0.25, 0.3) is 33.1 Å². The number of furan rings is 1. The predicted octanol–water partition coefficient (Wildman–Crippen LogP) is 5.64. The Bertz CT molecular complexity index is 1330. The lowest BCUT2D eigenvalue weighted by Crippen LogP contribution is -2.16. The third-order valence-electron chi connectivity index (χ3n) is 5.53. The first kappa shape index (κ1) is 14.8. The largest absolute Gasteiger partial charge is 0.455 e. The van der Waals surface area contributed by atoms with E-state index >= 15 is 0 Å². The Kier molecular flexibility index (Phi) is 2.69. The average Bonchev–Trinajstić information content (AvgIpc) is 3.13. The fourth-order valence-electron chi connectivity index (χ4n) is 4.35. The second kappa shape index (κ2) is 4.75. The molecule has 3 nitrogen and oxygen atoms in total. The summed E-state index contributed by atoms with van der Waals surface area (Å²) >= 11 is 0. The van der Waals surface area contributed by atoms with Crippen LogP contribution in [0.3, 0.4) is 0 Å². The molecule has 0 spiro atoms. The number of benzene rings is 3. The molecule has 1 aliphatic carbocycles. The van der Waals surface area contributed by atoms with Crippen LogP contribution in [0, 0.1) is 22.7 Å². The van der Waals surface area contributed by atoms with Gasteiger partial charge in [0.15, 0.2) is 5.58 Å². The van der Waals surface area contributed by atoms with Gasteiger partial charge in [0.1, 0.15) is 11.7 Å². The van der Waals surface area contributed by atoms with Crippen LogP contribution in [0.4, 0.5) is 0 Å². The SMILES string of the molecule is CC1(C)c2cc3oc4c(C#N)cccc4c3cc2-c2cccc(C#N)c21. The van der Waals surface area contributed by atoms with Crippen LogP contribution in [0.15, 0.2) is 52.9 Å². The van der Waals surface area contributed by atoms with Gasteiger partial charge in [-0.15, -0.1) is 0 Å². The van der Waals surface area contributed by atoms with Gasteiger partial charge in [0.05, 0.1) is 17.2 Å². The third-order valence-corrected chi connectivity index (χ3v) is 5.53. The lowest BCUT2D eigenvalue weighted by atomic mass is 9.80. The van der Waals surface area contributed by atoms with Gasteiger partial charge < -0.3 is 4.42 Å². The molecule has 122 valence electrons. The molecule has 26 heavy (non-hydrogen) atoms. The molecule has 1 aliphatic rings. The van der Waals surface area contributed by atoms with Crippen molar-refractivity contribution < 1.29 is 4.42 Å². The molecule has 0 aliphatic heterocycles. The van der Waals surface area contributed by atoms with E-state index in [0.29, 0.717) is 11.1 Å². The van der Waals surface area contributed by atoms with Gasteiger partial charge in [0.25, 0.3) is 0 Å². The van der Waals surface area contributed by atoms with E-state index in [2.05, 4.69) is 44.2 Å². The second-order valence-corrected chi connectivity index (χ2v) is 7.26. The van der Waals surface area contributed by atoms with Crippen LogP contribution >= 0.6 is 0 Å². The molecular formula is C23H14N2O. The topological polar surface area (TPSA) is 60.7 Å². The summed E-state index contributed by atoms with van der Waals surface area (Å²) in [5, 5.41) is 20.9. The van der Waals surface area contributed by atoms with Crippen LogP contribution in [0.2, 0.25) is 0 Å². The maximum absolute atomic E-state index is 9.56. The van der Waals surface area contributed by atoms with Crippen LogP contribution in [0.1, 0.15) is 36.1 Å². The molecule has 1 aromatic heterocycles. The number of nitrogens with zero attached hydrogens (tertiary/aromatic N) is 2. The van der Waals surface area contributed by atoms with E-state index in [1.807, 2.05) is 24.3 Å². The van der Waals surface area contributed by atoms with Gasteiger partial charge in [0.2, 0.25) is 0 Å². The summed E-state index contributed by atoms with van der Waals surface area (Å²) in [5.41, 5.74) is 6.88. The molecule has 0 N–H and O–H groups in total. The van der Waals surface area contributed by atoms with Crippen LogP contribution < -0.4 is 0 Å². The standard InChI is InChI=1S/C23H14N2O/c1-23(2)19-10-20-18(16-8-4-6-14(12-25)22(16)26-20)9-17(19)15-7-3-5-13(11-24)21(15)23/h3-10H,1-2H3. The van der Waals surface area contributed by atoms with Crippen molar-refractivity contribution in [3.63, 3.8) is 0 Å². The lowest BCUT2D eigenvalue weighted by Gasteiger charge is -2.22. The molecule has 5 rings (SSSR count). The Morgan fingerprint density at radius 3 is 2.35 bits per heavy atom. The van der Waals surface area contributed by atoms with Gasteiger partial charge in [-0.1, -0.05) is 38.1 Å². The van der Waals surface area contributed by atoms with Crippen molar-refractivity contribution in [3.05, 3.63) is 70.8 Å². The fourth-order valence-corrected chi connectivity index (χ4v) is 4.35. The van der Waals surface area contributed by atoms with Gasteiger partial charge in [-0.05, 0) is 46.5 Å². The van der Waals surface area contributed by atoms with E-state index in [1.165, 1.54) is 0 Å². The van der Waals surface area contributed by atoms with E-state index < -0.39 is 0 Å². The van der Waals surface area contributed by atoms with Gasteiger partial charge >= 0.3 is 0 Å². The molecule has 0 fully saturated rings. The Morgan fingerprint density at radius 2 is 1.58 bits per heavy atom. The highest BCUT2D eigenvalue weighted by molar-refractivity contribution is 6.09. The maximum Gasteiger partial charge on any atom is 0.153 e. The summed E-state index contributed by atoms with van der Waals surface area (Å²) in [6.07, 6.45) is 0. The molecule has 0 atom stereocenters. The fraction of sp³-hybridized carbons (Fsp3) is 0.130. The number of rotatable bonds is 0. The molecule has 0 saturated heterocycles. The molecule has 0 radical (unpaired) electrons. The molecule has 4 aromatic rings. The number of hydrogen-bond donors (Lipinski definition) is 0. The molecular weight excluding hydrogens is 320 g/mol. The Morgan fingerprint density at radius 1 is 0.846 bits per heavy atom. The number of para-hydroxylation sites is 1. The molecule has 0 amide bonds. The Balaban J connectivity index is 1.93. The highest BCUT2D eigenvalue weighted by Gasteiger charge is 2.38. The lowest BCUT2D eigenvalue weighted by molar-refractivity contribution is 0.646. The summed E-state index contributed by atoms with van der Waals surface area (Å²) in [6, 6.07) is 20.3. The summed E-state index contributed by atoms with van der Waals surface area (Å²) in [7, 11) is 0. The summed E-state index contributed by atoms with van der Waals surface area (Å²) < 4.78 is 6.06. The smallest absolute Gasteiger partial charge is 0.153 e. The molecule has 3 heteroatoms. The van der Waals surface area contributed by atoms with Crippen LogP contribution in [-0.4, -0.2) is 0 Å². The normalized spacial score (nSPS) is 14.0. The van der Waals surface area contributed by atoms with Crippen LogP contribution in [-0.2, 0) is 5.41 Å². The minimum absolute atomic E-state index is 0.276.